The maximum atomic E-state index is 12.8. The number of nitrogens with zero attached hydrogens (tertiary/aromatic N) is 1. The summed E-state index contributed by atoms with van der Waals surface area (Å²) in [4.78, 5) is 40.9. The first-order valence-electron chi connectivity index (χ1n) is 10.7. The number of aromatic nitrogens is 1. The number of rotatable bonds is 11. The molecule has 0 saturated heterocycles. The summed E-state index contributed by atoms with van der Waals surface area (Å²) in [7, 11) is 1.37. The van der Waals surface area contributed by atoms with Gasteiger partial charge in [0.05, 0.1) is 7.11 Å². The molecule has 0 aliphatic rings. The Bertz CT molecular complexity index is 949. The van der Waals surface area contributed by atoms with E-state index in [2.05, 4.69) is 10.3 Å². The third-order valence-electron chi connectivity index (χ3n) is 4.61. The second-order valence-electron chi connectivity index (χ2n) is 7.32. The van der Waals surface area contributed by atoms with Gasteiger partial charge in [-0.15, -0.1) is 0 Å². The van der Waals surface area contributed by atoms with Gasteiger partial charge >= 0.3 is 11.9 Å². The molecule has 2 rings (SSSR count). The number of amides is 1. The maximum Gasteiger partial charge on any atom is 0.328 e. The standard InChI is InChI=1S/C24H30N2O7/c1-6-14-31-21(18-10-8-7-9-11-18)16(3)32-24(29)15(2)26-23(28)20-22(33-17(4)27)19(30-5)12-13-25-20/h7-13,15-16,21H,6,14H2,1-5H3,(H,26,28)/t15-,16-,21-/m0/s1. The van der Waals surface area contributed by atoms with Crippen LogP contribution >= 0.6 is 0 Å². The lowest BCUT2D eigenvalue weighted by Gasteiger charge is -2.26. The van der Waals surface area contributed by atoms with Gasteiger partial charge in [-0.25, -0.2) is 9.78 Å². The molecule has 0 spiro atoms. The number of hydrogen-bond acceptors (Lipinski definition) is 8. The fourth-order valence-corrected chi connectivity index (χ4v) is 3.06. The van der Waals surface area contributed by atoms with Crippen LogP contribution in [0.25, 0.3) is 0 Å². The van der Waals surface area contributed by atoms with Gasteiger partial charge in [-0.3, -0.25) is 9.59 Å². The summed E-state index contributed by atoms with van der Waals surface area (Å²) in [5.41, 5.74) is 0.695. The number of benzene rings is 1. The third kappa shape index (κ3) is 7.28. The second kappa shape index (κ2) is 12.5. The Morgan fingerprint density at radius 2 is 1.79 bits per heavy atom. The van der Waals surface area contributed by atoms with E-state index in [1.807, 2.05) is 37.3 Å². The molecule has 0 saturated carbocycles. The van der Waals surface area contributed by atoms with Gasteiger partial charge in [-0.05, 0) is 25.8 Å². The van der Waals surface area contributed by atoms with E-state index >= 15 is 0 Å². The second-order valence-corrected chi connectivity index (χ2v) is 7.32. The third-order valence-corrected chi connectivity index (χ3v) is 4.61. The quantitative estimate of drug-likeness (QED) is 0.511. The van der Waals surface area contributed by atoms with Gasteiger partial charge in [0, 0.05) is 25.8 Å². The van der Waals surface area contributed by atoms with Crippen LogP contribution in [-0.4, -0.2) is 48.7 Å². The Balaban J connectivity index is 2.10. The van der Waals surface area contributed by atoms with Crippen molar-refractivity contribution in [3.05, 3.63) is 53.9 Å². The minimum Gasteiger partial charge on any atom is -0.493 e. The van der Waals surface area contributed by atoms with Crippen LogP contribution in [0.2, 0.25) is 0 Å². The zero-order chi connectivity index (χ0) is 24.4. The Labute approximate surface area is 193 Å². The summed E-state index contributed by atoms with van der Waals surface area (Å²) in [5.74, 6) is -1.97. The van der Waals surface area contributed by atoms with E-state index in [0.717, 1.165) is 12.0 Å². The molecular weight excluding hydrogens is 428 g/mol. The Morgan fingerprint density at radius 1 is 1.09 bits per heavy atom. The topological polar surface area (TPSA) is 113 Å². The Kier molecular flexibility index (Phi) is 9.81. The van der Waals surface area contributed by atoms with Gasteiger partial charge in [0.25, 0.3) is 5.91 Å². The van der Waals surface area contributed by atoms with Crippen LogP contribution in [0.1, 0.15) is 56.3 Å². The minimum absolute atomic E-state index is 0.129. The first-order chi connectivity index (χ1) is 15.8. The molecule has 1 heterocycles. The molecule has 9 nitrogen and oxygen atoms in total. The van der Waals surface area contributed by atoms with Crippen molar-refractivity contribution in [2.75, 3.05) is 13.7 Å². The number of hydrogen-bond donors (Lipinski definition) is 1. The summed E-state index contributed by atoms with van der Waals surface area (Å²) in [5, 5.41) is 2.52. The van der Waals surface area contributed by atoms with E-state index in [9.17, 15) is 14.4 Å². The average molecular weight is 459 g/mol. The molecule has 1 aromatic carbocycles. The molecule has 0 bridgehead atoms. The van der Waals surface area contributed by atoms with Crippen molar-refractivity contribution in [3.8, 4) is 11.5 Å². The highest BCUT2D eigenvalue weighted by molar-refractivity contribution is 5.98. The Morgan fingerprint density at radius 3 is 2.39 bits per heavy atom. The monoisotopic (exact) mass is 458 g/mol. The molecule has 1 N–H and O–H groups in total. The van der Waals surface area contributed by atoms with Gasteiger partial charge < -0.3 is 24.3 Å². The number of esters is 2. The van der Waals surface area contributed by atoms with E-state index < -0.39 is 36.1 Å². The van der Waals surface area contributed by atoms with E-state index in [1.165, 1.54) is 33.2 Å². The summed E-state index contributed by atoms with van der Waals surface area (Å²) in [6.07, 6.45) is 1.10. The predicted octanol–water partition coefficient (Wildman–Crippen LogP) is 3.23. The summed E-state index contributed by atoms with van der Waals surface area (Å²) >= 11 is 0. The largest absolute Gasteiger partial charge is 0.493 e. The molecule has 0 aliphatic heterocycles. The molecule has 0 fully saturated rings. The van der Waals surface area contributed by atoms with E-state index in [1.54, 1.807) is 6.92 Å². The number of ether oxygens (including phenoxy) is 4. The van der Waals surface area contributed by atoms with Gasteiger partial charge in [0.2, 0.25) is 5.75 Å². The molecule has 3 atom stereocenters. The Hall–Kier alpha value is -3.46. The van der Waals surface area contributed by atoms with E-state index in [4.69, 9.17) is 18.9 Å². The lowest BCUT2D eigenvalue weighted by molar-refractivity contribution is -0.158. The normalized spacial score (nSPS) is 13.4. The summed E-state index contributed by atoms with van der Waals surface area (Å²) in [6.45, 7) is 6.92. The molecule has 9 heteroatoms. The van der Waals surface area contributed by atoms with Crippen molar-refractivity contribution in [1.29, 1.82) is 0 Å². The zero-order valence-corrected chi connectivity index (χ0v) is 19.5. The van der Waals surface area contributed by atoms with Crippen molar-refractivity contribution in [2.45, 2.75) is 52.4 Å². The van der Waals surface area contributed by atoms with Gasteiger partial charge in [0.15, 0.2) is 11.4 Å². The number of nitrogens with one attached hydrogen (secondary N) is 1. The molecule has 178 valence electrons. The van der Waals surface area contributed by atoms with Crippen LogP contribution in [0, 0.1) is 0 Å². The number of methoxy groups -OCH3 is 1. The van der Waals surface area contributed by atoms with Crippen molar-refractivity contribution in [3.63, 3.8) is 0 Å². The highest BCUT2D eigenvalue weighted by Crippen LogP contribution is 2.30. The number of pyridine rings is 1. The SMILES string of the molecule is CCCO[C@H](c1ccccc1)[C@H](C)OC(=O)[C@H](C)NC(=O)c1nccc(OC)c1OC(C)=O. The molecule has 33 heavy (non-hydrogen) atoms. The lowest BCUT2D eigenvalue weighted by atomic mass is 10.1. The summed E-state index contributed by atoms with van der Waals surface area (Å²) < 4.78 is 21.7. The van der Waals surface area contributed by atoms with Crippen molar-refractivity contribution in [1.82, 2.24) is 10.3 Å². The first-order valence-corrected chi connectivity index (χ1v) is 10.7. The fourth-order valence-electron chi connectivity index (χ4n) is 3.06. The van der Waals surface area contributed by atoms with Crippen LogP contribution in [-0.2, 0) is 19.1 Å². The minimum atomic E-state index is -0.999. The van der Waals surface area contributed by atoms with Crippen LogP contribution in [0.5, 0.6) is 11.5 Å². The predicted molar refractivity (Wildman–Crippen MR) is 120 cm³/mol. The molecule has 1 aromatic heterocycles. The van der Waals surface area contributed by atoms with Gasteiger partial charge in [-0.1, -0.05) is 37.3 Å². The first kappa shape index (κ1) is 25.8. The average Bonchev–Trinajstić information content (AvgIpc) is 2.79. The summed E-state index contributed by atoms with van der Waals surface area (Å²) in [6, 6.07) is 9.93. The number of carbonyl (C=O) groups excluding carboxylic acids is 3. The van der Waals surface area contributed by atoms with Crippen LogP contribution < -0.4 is 14.8 Å². The highest BCUT2D eigenvalue weighted by Gasteiger charge is 2.28. The molecule has 0 aliphatic carbocycles. The lowest BCUT2D eigenvalue weighted by Crippen LogP contribution is -2.42. The van der Waals surface area contributed by atoms with E-state index in [-0.39, 0.29) is 17.2 Å². The molecular formula is C24H30N2O7. The maximum absolute atomic E-state index is 12.8. The highest BCUT2D eigenvalue weighted by atomic mass is 16.6. The molecule has 0 unspecified atom stereocenters. The van der Waals surface area contributed by atoms with Crippen LogP contribution in [0.4, 0.5) is 0 Å². The molecule has 0 radical (unpaired) electrons. The molecule has 2 aromatic rings. The number of carbonyl (C=O) groups is 3. The zero-order valence-electron chi connectivity index (χ0n) is 19.5. The molecule has 1 amide bonds. The fraction of sp³-hybridized carbons (Fsp3) is 0.417. The smallest absolute Gasteiger partial charge is 0.328 e. The van der Waals surface area contributed by atoms with Crippen molar-refractivity contribution in [2.24, 2.45) is 0 Å². The van der Waals surface area contributed by atoms with Gasteiger partial charge in [0.1, 0.15) is 18.2 Å². The van der Waals surface area contributed by atoms with Crippen molar-refractivity contribution < 1.29 is 33.3 Å². The van der Waals surface area contributed by atoms with Crippen LogP contribution in [0.3, 0.4) is 0 Å². The van der Waals surface area contributed by atoms with Gasteiger partial charge in [-0.2, -0.15) is 0 Å². The van der Waals surface area contributed by atoms with E-state index in [0.29, 0.717) is 6.61 Å². The van der Waals surface area contributed by atoms with Crippen molar-refractivity contribution >= 4 is 17.8 Å². The van der Waals surface area contributed by atoms with Crippen LogP contribution in [0.15, 0.2) is 42.6 Å².